The highest BCUT2D eigenvalue weighted by Crippen LogP contribution is 2.47. The van der Waals surface area contributed by atoms with Crippen LogP contribution in [-0.2, 0) is 10.2 Å². The van der Waals surface area contributed by atoms with Crippen LogP contribution in [-0.4, -0.2) is 5.91 Å². The van der Waals surface area contributed by atoms with Gasteiger partial charge in [0.2, 0.25) is 5.91 Å². The van der Waals surface area contributed by atoms with E-state index in [2.05, 4.69) is 0 Å². The van der Waals surface area contributed by atoms with Gasteiger partial charge in [0.1, 0.15) is 11.6 Å². The lowest BCUT2D eigenvalue weighted by Gasteiger charge is -2.41. The molecule has 1 aromatic carbocycles. The summed E-state index contributed by atoms with van der Waals surface area (Å²) >= 11 is 0. The molecule has 1 fully saturated rings. The van der Waals surface area contributed by atoms with Crippen LogP contribution in [0.25, 0.3) is 0 Å². The normalized spacial score (nSPS) is 17.9. The van der Waals surface area contributed by atoms with Crippen LogP contribution in [0.3, 0.4) is 0 Å². The van der Waals surface area contributed by atoms with E-state index in [-0.39, 0.29) is 6.42 Å². The van der Waals surface area contributed by atoms with Gasteiger partial charge in [-0.1, -0.05) is 12.5 Å². The molecule has 0 atom stereocenters. The Morgan fingerprint density at radius 2 is 2.06 bits per heavy atom. The molecule has 1 saturated carbocycles. The lowest BCUT2D eigenvalue weighted by molar-refractivity contribution is -0.120. The van der Waals surface area contributed by atoms with Crippen LogP contribution in [0.2, 0.25) is 0 Å². The average Bonchev–Trinajstić information content (AvgIpc) is 2.12. The van der Waals surface area contributed by atoms with Crippen molar-refractivity contribution in [3.05, 3.63) is 35.4 Å². The SMILES string of the molecule is NC(=O)CC1(c2ccc(F)cc2F)CCC1. The first-order valence-corrected chi connectivity index (χ1v) is 5.27. The number of hydrogen-bond donors (Lipinski definition) is 1. The molecule has 0 unspecified atom stereocenters. The molecular formula is C12H13F2NO. The third-order valence-corrected chi connectivity index (χ3v) is 3.33. The lowest BCUT2D eigenvalue weighted by atomic mass is 9.62. The van der Waals surface area contributed by atoms with Gasteiger partial charge in [0.05, 0.1) is 0 Å². The van der Waals surface area contributed by atoms with Gasteiger partial charge in [-0.2, -0.15) is 0 Å². The van der Waals surface area contributed by atoms with Gasteiger partial charge in [0.15, 0.2) is 0 Å². The average molecular weight is 225 g/mol. The van der Waals surface area contributed by atoms with E-state index in [1.807, 2.05) is 0 Å². The monoisotopic (exact) mass is 225 g/mol. The summed E-state index contributed by atoms with van der Waals surface area (Å²) in [6.45, 7) is 0. The highest BCUT2D eigenvalue weighted by Gasteiger charge is 2.41. The third kappa shape index (κ3) is 1.79. The van der Waals surface area contributed by atoms with E-state index in [0.717, 1.165) is 25.3 Å². The summed E-state index contributed by atoms with van der Waals surface area (Å²) in [6.07, 6.45) is 2.55. The summed E-state index contributed by atoms with van der Waals surface area (Å²) in [5.41, 5.74) is 5.09. The molecule has 0 bridgehead atoms. The van der Waals surface area contributed by atoms with E-state index in [0.29, 0.717) is 5.56 Å². The van der Waals surface area contributed by atoms with Crippen molar-refractivity contribution in [1.29, 1.82) is 0 Å². The molecule has 2 N–H and O–H groups in total. The highest BCUT2D eigenvalue weighted by molar-refractivity contribution is 5.75. The highest BCUT2D eigenvalue weighted by atomic mass is 19.1. The zero-order valence-corrected chi connectivity index (χ0v) is 8.80. The van der Waals surface area contributed by atoms with Crippen molar-refractivity contribution in [2.24, 2.45) is 5.73 Å². The van der Waals surface area contributed by atoms with Crippen molar-refractivity contribution in [3.8, 4) is 0 Å². The van der Waals surface area contributed by atoms with E-state index < -0.39 is 23.0 Å². The van der Waals surface area contributed by atoms with Gasteiger partial charge in [-0.25, -0.2) is 8.78 Å². The van der Waals surface area contributed by atoms with Gasteiger partial charge < -0.3 is 5.73 Å². The Morgan fingerprint density at radius 1 is 1.38 bits per heavy atom. The Balaban J connectivity index is 2.36. The molecule has 0 aliphatic heterocycles. The molecular weight excluding hydrogens is 212 g/mol. The second-order valence-corrected chi connectivity index (χ2v) is 4.40. The molecule has 2 rings (SSSR count). The van der Waals surface area contributed by atoms with Crippen molar-refractivity contribution in [2.75, 3.05) is 0 Å². The number of carbonyl (C=O) groups is 1. The first-order chi connectivity index (χ1) is 7.53. The second kappa shape index (κ2) is 3.85. The summed E-state index contributed by atoms with van der Waals surface area (Å²) in [5.74, 6) is -1.63. The third-order valence-electron chi connectivity index (χ3n) is 3.33. The van der Waals surface area contributed by atoms with Gasteiger partial charge >= 0.3 is 0 Å². The fourth-order valence-corrected chi connectivity index (χ4v) is 2.40. The van der Waals surface area contributed by atoms with Crippen molar-refractivity contribution in [1.82, 2.24) is 0 Å². The summed E-state index contributed by atoms with van der Waals surface area (Å²) in [7, 11) is 0. The molecule has 86 valence electrons. The van der Waals surface area contributed by atoms with Crippen LogP contribution < -0.4 is 5.73 Å². The number of nitrogens with two attached hydrogens (primary N) is 1. The van der Waals surface area contributed by atoms with Crippen molar-refractivity contribution < 1.29 is 13.6 Å². The molecule has 0 spiro atoms. The van der Waals surface area contributed by atoms with Crippen LogP contribution in [0.4, 0.5) is 8.78 Å². The van der Waals surface area contributed by atoms with E-state index in [1.165, 1.54) is 12.1 Å². The standard InChI is InChI=1S/C12H13F2NO/c13-8-2-3-9(10(14)6-8)12(4-1-5-12)7-11(15)16/h2-3,6H,1,4-5,7H2,(H2,15,16). The smallest absolute Gasteiger partial charge is 0.218 e. The Bertz CT molecular complexity index is 427. The van der Waals surface area contributed by atoms with Crippen molar-refractivity contribution >= 4 is 5.91 Å². The van der Waals surface area contributed by atoms with E-state index in [9.17, 15) is 13.6 Å². The second-order valence-electron chi connectivity index (χ2n) is 4.40. The Morgan fingerprint density at radius 3 is 2.50 bits per heavy atom. The number of primary amides is 1. The van der Waals surface area contributed by atoms with Gasteiger partial charge in [-0.15, -0.1) is 0 Å². The lowest BCUT2D eigenvalue weighted by Crippen LogP contribution is -2.39. The molecule has 1 aliphatic rings. The Labute approximate surface area is 92.4 Å². The van der Waals surface area contributed by atoms with Gasteiger partial charge in [-0.3, -0.25) is 4.79 Å². The number of benzene rings is 1. The van der Waals surface area contributed by atoms with Gasteiger partial charge in [0.25, 0.3) is 0 Å². The topological polar surface area (TPSA) is 43.1 Å². The van der Waals surface area contributed by atoms with Crippen LogP contribution in [0.1, 0.15) is 31.2 Å². The molecule has 16 heavy (non-hydrogen) atoms. The summed E-state index contributed by atoms with van der Waals surface area (Å²) in [5, 5.41) is 0. The predicted octanol–water partition coefficient (Wildman–Crippen LogP) is 2.26. The minimum Gasteiger partial charge on any atom is -0.370 e. The van der Waals surface area contributed by atoms with Crippen LogP contribution in [0.15, 0.2) is 18.2 Å². The van der Waals surface area contributed by atoms with E-state index >= 15 is 0 Å². The molecule has 4 heteroatoms. The Hall–Kier alpha value is -1.45. The van der Waals surface area contributed by atoms with E-state index in [4.69, 9.17) is 5.73 Å². The van der Waals surface area contributed by atoms with Crippen LogP contribution in [0.5, 0.6) is 0 Å². The van der Waals surface area contributed by atoms with Crippen LogP contribution in [0, 0.1) is 11.6 Å². The van der Waals surface area contributed by atoms with Crippen molar-refractivity contribution in [2.45, 2.75) is 31.1 Å². The molecule has 0 aromatic heterocycles. The molecule has 0 radical (unpaired) electrons. The summed E-state index contributed by atoms with van der Waals surface area (Å²) in [4.78, 5) is 11.0. The number of carbonyl (C=O) groups excluding carboxylic acids is 1. The molecule has 0 saturated heterocycles. The zero-order valence-electron chi connectivity index (χ0n) is 8.80. The molecule has 1 amide bonds. The minimum atomic E-state index is -0.602. The maximum Gasteiger partial charge on any atom is 0.218 e. The fourth-order valence-electron chi connectivity index (χ4n) is 2.40. The first kappa shape index (κ1) is 11.0. The maximum absolute atomic E-state index is 13.6. The maximum atomic E-state index is 13.6. The summed E-state index contributed by atoms with van der Waals surface area (Å²) < 4.78 is 26.4. The number of hydrogen-bond acceptors (Lipinski definition) is 1. The predicted molar refractivity (Wildman–Crippen MR) is 55.7 cm³/mol. The zero-order chi connectivity index (χ0) is 11.8. The van der Waals surface area contributed by atoms with Crippen LogP contribution >= 0.6 is 0 Å². The first-order valence-electron chi connectivity index (χ1n) is 5.27. The number of amides is 1. The van der Waals surface area contributed by atoms with Crippen molar-refractivity contribution in [3.63, 3.8) is 0 Å². The minimum absolute atomic E-state index is 0.134. The molecule has 2 nitrogen and oxygen atoms in total. The quantitative estimate of drug-likeness (QED) is 0.842. The summed E-state index contributed by atoms with van der Waals surface area (Å²) in [6, 6.07) is 3.50. The van der Waals surface area contributed by atoms with E-state index in [1.54, 1.807) is 0 Å². The molecule has 1 aliphatic carbocycles. The fraction of sp³-hybridized carbons (Fsp3) is 0.417. The molecule has 1 aromatic rings. The largest absolute Gasteiger partial charge is 0.370 e. The molecule has 0 heterocycles. The Kier molecular flexibility index (Phi) is 2.66. The number of halogens is 2. The number of rotatable bonds is 3. The van der Waals surface area contributed by atoms with Gasteiger partial charge in [-0.05, 0) is 24.5 Å². The van der Waals surface area contributed by atoms with Gasteiger partial charge in [0, 0.05) is 17.9 Å².